The number of rotatable bonds is 3. The predicted molar refractivity (Wildman–Crippen MR) is 70.0 cm³/mol. The second kappa shape index (κ2) is 4.63. The first-order chi connectivity index (χ1) is 8.66. The highest BCUT2D eigenvalue weighted by atomic mass is 15.4. The SMILES string of the molecule is Cn1cc(CN2CCCNC(C)(C3CC3)C2)nn1. The fourth-order valence-electron chi connectivity index (χ4n) is 3.10. The molecule has 1 atom stereocenters. The van der Waals surface area contributed by atoms with Crippen molar-refractivity contribution in [1.82, 2.24) is 25.2 Å². The van der Waals surface area contributed by atoms with Gasteiger partial charge in [-0.05, 0) is 45.2 Å². The van der Waals surface area contributed by atoms with E-state index in [9.17, 15) is 0 Å². The minimum atomic E-state index is 0.304. The Hall–Kier alpha value is -0.940. The van der Waals surface area contributed by atoms with Gasteiger partial charge in [-0.3, -0.25) is 9.58 Å². The third-order valence-electron chi connectivity index (χ3n) is 4.25. The lowest BCUT2D eigenvalue weighted by atomic mass is 9.95. The fourth-order valence-corrected chi connectivity index (χ4v) is 3.10. The van der Waals surface area contributed by atoms with Gasteiger partial charge in [0.05, 0.1) is 5.69 Å². The lowest BCUT2D eigenvalue weighted by Crippen LogP contribution is -2.50. The van der Waals surface area contributed by atoms with Gasteiger partial charge in [0.2, 0.25) is 0 Å². The highest BCUT2D eigenvalue weighted by Gasteiger charge is 2.42. The van der Waals surface area contributed by atoms with Crippen LogP contribution in [0.2, 0.25) is 0 Å². The van der Waals surface area contributed by atoms with Gasteiger partial charge in [-0.15, -0.1) is 5.10 Å². The smallest absolute Gasteiger partial charge is 0.0967 e. The molecular weight excluding hydrogens is 226 g/mol. The van der Waals surface area contributed by atoms with Gasteiger partial charge < -0.3 is 5.32 Å². The maximum Gasteiger partial charge on any atom is 0.0967 e. The summed E-state index contributed by atoms with van der Waals surface area (Å²) in [5, 5.41) is 12.0. The summed E-state index contributed by atoms with van der Waals surface area (Å²) in [6.45, 7) is 6.75. The highest BCUT2D eigenvalue weighted by Crippen LogP contribution is 2.40. The molecule has 100 valence electrons. The first-order valence-corrected chi connectivity index (χ1v) is 6.98. The zero-order valence-electron chi connectivity index (χ0n) is 11.4. The lowest BCUT2D eigenvalue weighted by molar-refractivity contribution is 0.193. The Morgan fingerprint density at radius 1 is 1.50 bits per heavy atom. The third-order valence-corrected chi connectivity index (χ3v) is 4.25. The Morgan fingerprint density at radius 3 is 3.00 bits per heavy atom. The molecule has 2 heterocycles. The van der Waals surface area contributed by atoms with Gasteiger partial charge in [-0.25, -0.2) is 0 Å². The van der Waals surface area contributed by atoms with Crippen LogP contribution in [0, 0.1) is 5.92 Å². The van der Waals surface area contributed by atoms with Crippen molar-refractivity contribution in [3.63, 3.8) is 0 Å². The molecule has 0 bridgehead atoms. The molecule has 0 spiro atoms. The second-order valence-corrected chi connectivity index (χ2v) is 6.07. The molecule has 1 saturated carbocycles. The predicted octanol–water partition coefficient (Wildman–Crippen LogP) is 0.779. The van der Waals surface area contributed by atoms with Crippen LogP contribution >= 0.6 is 0 Å². The van der Waals surface area contributed by atoms with E-state index in [2.05, 4.69) is 27.5 Å². The van der Waals surface area contributed by atoms with Crippen LogP contribution in [0.15, 0.2) is 6.20 Å². The van der Waals surface area contributed by atoms with E-state index in [4.69, 9.17) is 0 Å². The summed E-state index contributed by atoms with van der Waals surface area (Å²) in [5.74, 6) is 0.875. The number of nitrogens with one attached hydrogen (secondary N) is 1. The molecule has 1 aromatic heterocycles. The average Bonchev–Trinajstić information content (AvgIpc) is 3.11. The second-order valence-electron chi connectivity index (χ2n) is 6.07. The van der Waals surface area contributed by atoms with E-state index in [0.29, 0.717) is 5.54 Å². The van der Waals surface area contributed by atoms with E-state index >= 15 is 0 Å². The summed E-state index contributed by atoms with van der Waals surface area (Å²) in [7, 11) is 1.93. The number of aryl methyl sites for hydroxylation is 1. The Labute approximate surface area is 109 Å². The van der Waals surface area contributed by atoms with Crippen molar-refractivity contribution in [1.29, 1.82) is 0 Å². The zero-order valence-corrected chi connectivity index (χ0v) is 11.4. The van der Waals surface area contributed by atoms with Gasteiger partial charge in [0.15, 0.2) is 0 Å². The molecule has 1 aliphatic heterocycles. The van der Waals surface area contributed by atoms with Gasteiger partial charge in [0.25, 0.3) is 0 Å². The summed E-state index contributed by atoms with van der Waals surface area (Å²) >= 11 is 0. The van der Waals surface area contributed by atoms with E-state index in [1.165, 1.54) is 19.3 Å². The van der Waals surface area contributed by atoms with Crippen LogP contribution in [-0.2, 0) is 13.6 Å². The monoisotopic (exact) mass is 249 g/mol. The number of aromatic nitrogens is 3. The Balaban J connectivity index is 1.67. The maximum absolute atomic E-state index is 4.20. The molecule has 1 aliphatic carbocycles. The van der Waals surface area contributed by atoms with Crippen LogP contribution < -0.4 is 5.32 Å². The van der Waals surface area contributed by atoms with E-state index in [1.54, 1.807) is 4.68 Å². The van der Waals surface area contributed by atoms with Crippen molar-refractivity contribution in [3.8, 4) is 0 Å². The zero-order chi connectivity index (χ0) is 12.6. The van der Waals surface area contributed by atoms with Crippen LogP contribution in [0.25, 0.3) is 0 Å². The first kappa shape index (κ1) is 12.1. The molecule has 5 heteroatoms. The van der Waals surface area contributed by atoms with Crippen LogP contribution in [0.5, 0.6) is 0 Å². The molecule has 1 unspecified atom stereocenters. The van der Waals surface area contributed by atoms with Gasteiger partial charge in [-0.1, -0.05) is 5.21 Å². The van der Waals surface area contributed by atoms with Crippen LogP contribution in [-0.4, -0.2) is 45.1 Å². The minimum absolute atomic E-state index is 0.304. The molecule has 5 nitrogen and oxygen atoms in total. The molecule has 0 aromatic carbocycles. The Bertz CT molecular complexity index is 411. The lowest BCUT2D eigenvalue weighted by Gasteiger charge is -2.33. The minimum Gasteiger partial charge on any atom is -0.310 e. The Kier molecular flexibility index (Phi) is 3.11. The van der Waals surface area contributed by atoms with Gasteiger partial charge in [0, 0.05) is 31.9 Å². The van der Waals surface area contributed by atoms with Gasteiger partial charge in [-0.2, -0.15) is 0 Å². The van der Waals surface area contributed by atoms with Crippen molar-refractivity contribution in [3.05, 3.63) is 11.9 Å². The molecule has 2 aliphatic rings. The Morgan fingerprint density at radius 2 is 2.33 bits per heavy atom. The summed E-state index contributed by atoms with van der Waals surface area (Å²) in [4.78, 5) is 2.53. The van der Waals surface area contributed by atoms with E-state index in [1.807, 2.05) is 13.2 Å². The molecule has 18 heavy (non-hydrogen) atoms. The third kappa shape index (κ3) is 2.57. The fraction of sp³-hybridized carbons (Fsp3) is 0.846. The molecule has 0 amide bonds. The van der Waals surface area contributed by atoms with Crippen molar-refractivity contribution in [2.24, 2.45) is 13.0 Å². The highest BCUT2D eigenvalue weighted by molar-refractivity contribution is 5.02. The van der Waals surface area contributed by atoms with Gasteiger partial charge in [0.1, 0.15) is 0 Å². The summed E-state index contributed by atoms with van der Waals surface area (Å²) in [6.07, 6.45) is 6.03. The van der Waals surface area contributed by atoms with Crippen molar-refractivity contribution in [2.45, 2.75) is 38.3 Å². The summed E-state index contributed by atoms with van der Waals surface area (Å²) < 4.78 is 1.78. The van der Waals surface area contributed by atoms with Crippen molar-refractivity contribution in [2.75, 3.05) is 19.6 Å². The van der Waals surface area contributed by atoms with E-state index in [-0.39, 0.29) is 0 Å². The first-order valence-electron chi connectivity index (χ1n) is 6.98. The number of hydrogen-bond acceptors (Lipinski definition) is 4. The molecule has 1 N–H and O–H groups in total. The van der Waals surface area contributed by atoms with Crippen molar-refractivity contribution < 1.29 is 0 Å². The summed E-state index contributed by atoms with van der Waals surface area (Å²) in [6, 6.07) is 0. The quantitative estimate of drug-likeness (QED) is 0.860. The molecule has 3 rings (SSSR count). The van der Waals surface area contributed by atoms with Crippen LogP contribution in [0.3, 0.4) is 0 Å². The summed E-state index contributed by atoms with van der Waals surface area (Å²) in [5.41, 5.74) is 1.39. The maximum atomic E-state index is 4.20. The van der Waals surface area contributed by atoms with Crippen molar-refractivity contribution >= 4 is 0 Å². The molecule has 1 saturated heterocycles. The van der Waals surface area contributed by atoms with Crippen LogP contribution in [0.4, 0.5) is 0 Å². The van der Waals surface area contributed by atoms with E-state index in [0.717, 1.165) is 37.8 Å². The molecule has 1 aromatic rings. The van der Waals surface area contributed by atoms with Gasteiger partial charge >= 0.3 is 0 Å². The normalized spacial score (nSPS) is 30.3. The molecule has 0 radical (unpaired) electrons. The van der Waals surface area contributed by atoms with Crippen LogP contribution in [0.1, 0.15) is 31.9 Å². The standard InChI is InChI=1S/C13H23N5/c1-13(11-4-5-11)10-18(7-3-6-14-13)9-12-8-17(2)16-15-12/h8,11,14H,3-7,9-10H2,1-2H3. The topological polar surface area (TPSA) is 46.0 Å². The largest absolute Gasteiger partial charge is 0.310 e. The number of nitrogens with zero attached hydrogens (tertiary/aromatic N) is 4. The molecular formula is C13H23N5. The average molecular weight is 249 g/mol. The molecule has 2 fully saturated rings. The number of hydrogen-bond donors (Lipinski definition) is 1. The van der Waals surface area contributed by atoms with E-state index < -0.39 is 0 Å².